The van der Waals surface area contributed by atoms with Crippen LogP contribution in [-0.4, -0.2) is 33.3 Å². The number of nitrogens with zero attached hydrogens (tertiary/aromatic N) is 3. The fourth-order valence-electron chi connectivity index (χ4n) is 3.50. The molecule has 3 aromatic rings. The second-order valence-electron chi connectivity index (χ2n) is 6.94. The van der Waals surface area contributed by atoms with Crippen molar-refractivity contribution in [3.63, 3.8) is 0 Å². The van der Waals surface area contributed by atoms with Crippen molar-refractivity contribution in [3.05, 3.63) is 88.5 Å². The second kappa shape index (κ2) is 8.63. The number of carbonyl (C=O) groups excluding carboxylic acids is 2. The number of amides is 2. The summed E-state index contributed by atoms with van der Waals surface area (Å²) in [7, 11) is 0. The highest BCUT2D eigenvalue weighted by Crippen LogP contribution is 2.37. The highest BCUT2D eigenvalue weighted by molar-refractivity contribution is 6.30. The molecule has 0 fully saturated rings. The second-order valence-corrected chi connectivity index (χ2v) is 7.29. The zero-order valence-electron chi connectivity index (χ0n) is 16.4. The van der Waals surface area contributed by atoms with Gasteiger partial charge in [-0.2, -0.15) is 0 Å². The Kier molecular flexibility index (Phi) is 5.77. The SMILES string of the molecule is CCCCOc1cccc(C(c2nccnc2Cl)N2C(=O)c3ccccc3C2=O)c1. The maximum absolute atomic E-state index is 13.2. The number of benzene rings is 2. The van der Waals surface area contributed by atoms with Crippen molar-refractivity contribution >= 4 is 23.4 Å². The van der Waals surface area contributed by atoms with Gasteiger partial charge >= 0.3 is 0 Å². The molecule has 1 atom stereocenters. The smallest absolute Gasteiger partial charge is 0.262 e. The van der Waals surface area contributed by atoms with Gasteiger partial charge in [0, 0.05) is 12.4 Å². The fraction of sp³-hybridized carbons (Fsp3) is 0.217. The predicted octanol–water partition coefficient (Wildman–Crippen LogP) is 4.69. The largest absolute Gasteiger partial charge is 0.494 e. The summed E-state index contributed by atoms with van der Waals surface area (Å²) in [4.78, 5) is 36.0. The Labute approximate surface area is 179 Å². The van der Waals surface area contributed by atoms with Crippen molar-refractivity contribution in [1.82, 2.24) is 14.9 Å². The summed E-state index contributed by atoms with van der Waals surface area (Å²) >= 11 is 6.34. The van der Waals surface area contributed by atoms with Gasteiger partial charge < -0.3 is 4.74 Å². The third-order valence-electron chi connectivity index (χ3n) is 4.96. The minimum atomic E-state index is -0.826. The van der Waals surface area contributed by atoms with Gasteiger partial charge in [-0.15, -0.1) is 0 Å². The lowest BCUT2D eigenvalue weighted by Crippen LogP contribution is -2.35. The first-order valence-corrected chi connectivity index (χ1v) is 10.2. The molecule has 2 aromatic carbocycles. The molecule has 30 heavy (non-hydrogen) atoms. The highest BCUT2D eigenvalue weighted by Gasteiger charge is 2.42. The van der Waals surface area contributed by atoms with Crippen molar-refractivity contribution in [2.75, 3.05) is 6.61 Å². The molecule has 0 radical (unpaired) electrons. The fourth-order valence-corrected chi connectivity index (χ4v) is 3.70. The average Bonchev–Trinajstić information content (AvgIpc) is 3.01. The average molecular weight is 422 g/mol. The van der Waals surface area contributed by atoms with Crippen LogP contribution < -0.4 is 4.74 Å². The Balaban J connectivity index is 1.80. The van der Waals surface area contributed by atoms with Gasteiger partial charge in [0.25, 0.3) is 11.8 Å². The van der Waals surface area contributed by atoms with Gasteiger partial charge in [0.05, 0.1) is 17.7 Å². The predicted molar refractivity (Wildman–Crippen MR) is 113 cm³/mol. The van der Waals surface area contributed by atoms with E-state index < -0.39 is 6.04 Å². The summed E-state index contributed by atoms with van der Waals surface area (Å²) in [6, 6.07) is 13.3. The van der Waals surface area contributed by atoms with E-state index in [1.54, 1.807) is 24.3 Å². The molecule has 0 saturated carbocycles. The molecule has 1 aliphatic rings. The van der Waals surface area contributed by atoms with E-state index in [0.717, 1.165) is 12.8 Å². The van der Waals surface area contributed by atoms with Crippen molar-refractivity contribution in [2.24, 2.45) is 0 Å². The maximum atomic E-state index is 13.2. The third-order valence-corrected chi connectivity index (χ3v) is 5.25. The Bertz CT molecular complexity index is 1070. The standard InChI is InChI=1S/C23H20ClN3O3/c1-2-3-13-30-16-8-6-7-15(14-16)20(19-21(24)26-12-11-25-19)27-22(28)17-9-4-5-10-18(17)23(27)29/h4-12,14,20H,2-3,13H2,1H3. The highest BCUT2D eigenvalue weighted by atomic mass is 35.5. The van der Waals surface area contributed by atoms with Gasteiger partial charge in [-0.05, 0) is 36.2 Å². The van der Waals surface area contributed by atoms with Crippen molar-refractivity contribution < 1.29 is 14.3 Å². The van der Waals surface area contributed by atoms with Gasteiger partial charge in [-0.25, -0.2) is 4.98 Å². The van der Waals surface area contributed by atoms with Gasteiger partial charge in [0.2, 0.25) is 0 Å². The van der Waals surface area contributed by atoms with E-state index in [0.29, 0.717) is 34.7 Å². The van der Waals surface area contributed by atoms with Crippen LogP contribution in [0.25, 0.3) is 0 Å². The first-order valence-electron chi connectivity index (χ1n) is 9.78. The van der Waals surface area contributed by atoms with E-state index in [4.69, 9.17) is 16.3 Å². The molecule has 0 saturated heterocycles. The van der Waals surface area contributed by atoms with Gasteiger partial charge in [0.15, 0.2) is 5.15 Å². The normalized spacial score (nSPS) is 14.0. The first kappa shape index (κ1) is 20.0. The lowest BCUT2D eigenvalue weighted by atomic mass is 10.0. The Morgan fingerprint density at radius 1 is 1.00 bits per heavy atom. The van der Waals surface area contributed by atoms with Crippen molar-refractivity contribution in [3.8, 4) is 5.75 Å². The Morgan fingerprint density at radius 3 is 2.37 bits per heavy atom. The molecule has 0 N–H and O–H groups in total. The van der Waals surface area contributed by atoms with Gasteiger partial charge in [0.1, 0.15) is 17.5 Å². The van der Waals surface area contributed by atoms with Crippen LogP contribution in [0.4, 0.5) is 0 Å². The zero-order chi connectivity index (χ0) is 21.1. The van der Waals surface area contributed by atoms with E-state index in [-0.39, 0.29) is 17.0 Å². The van der Waals surface area contributed by atoms with Crippen LogP contribution in [0.2, 0.25) is 5.15 Å². The summed E-state index contributed by atoms with van der Waals surface area (Å²) in [5.74, 6) is -0.123. The number of hydrogen-bond donors (Lipinski definition) is 0. The maximum Gasteiger partial charge on any atom is 0.262 e. The number of unbranched alkanes of at least 4 members (excludes halogenated alkanes) is 1. The van der Waals surface area contributed by atoms with E-state index in [1.165, 1.54) is 17.3 Å². The number of ether oxygens (including phenoxy) is 1. The van der Waals surface area contributed by atoms with Crippen LogP contribution in [-0.2, 0) is 0 Å². The number of aromatic nitrogens is 2. The summed E-state index contributed by atoms with van der Waals surface area (Å²) in [5, 5.41) is 0.136. The molecule has 0 spiro atoms. The molecule has 1 aliphatic heterocycles. The number of rotatable bonds is 7. The molecule has 2 amide bonds. The quantitative estimate of drug-likeness (QED) is 0.408. The van der Waals surface area contributed by atoms with Crippen LogP contribution in [0.15, 0.2) is 60.9 Å². The van der Waals surface area contributed by atoms with Crippen molar-refractivity contribution in [1.29, 1.82) is 0 Å². The first-order chi connectivity index (χ1) is 14.6. The van der Waals surface area contributed by atoms with Crippen molar-refractivity contribution in [2.45, 2.75) is 25.8 Å². The molecule has 6 nitrogen and oxygen atoms in total. The van der Waals surface area contributed by atoms with Gasteiger partial charge in [-0.3, -0.25) is 19.5 Å². The molecule has 0 aliphatic carbocycles. The number of halogens is 1. The van der Waals surface area contributed by atoms with Gasteiger partial charge in [-0.1, -0.05) is 49.2 Å². The summed E-state index contributed by atoms with van der Waals surface area (Å²) < 4.78 is 5.82. The Hall–Kier alpha value is -3.25. The van der Waals surface area contributed by atoms with Crippen LogP contribution in [0, 0.1) is 0 Å². The topological polar surface area (TPSA) is 72.4 Å². The van der Waals surface area contributed by atoms with Crippen LogP contribution in [0.5, 0.6) is 5.75 Å². The monoisotopic (exact) mass is 421 g/mol. The zero-order valence-corrected chi connectivity index (χ0v) is 17.2. The van der Waals surface area contributed by atoms with E-state index >= 15 is 0 Å². The summed E-state index contributed by atoms with van der Waals surface area (Å²) in [6.45, 7) is 2.68. The molecule has 4 rings (SSSR count). The molecule has 152 valence electrons. The van der Waals surface area contributed by atoms with E-state index in [9.17, 15) is 9.59 Å². The number of carbonyl (C=O) groups is 2. The molecule has 1 aromatic heterocycles. The molecule has 0 bridgehead atoms. The van der Waals surface area contributed by atoms with Crippen LogP contribution >= 0.6 is 11.6 Å². The minimum Gasteiger partial charge on any atom is -0.494 e. The summed E-state index contributed by atoms with van der Waals surface area (Å²) in [5.41, 5.74) is 1.73. The number of imide groups is 1. The van der Waals surface area contributed by atoms with Crippen LogP contribution in [0.1, 0.15) is 57.8 Å². The molecule has 1 unspecified atom stereocenters. The lowest BCUT2D eigenvalue weighted by Gasteiger charge is -2.27. The van der Waals surface area contributed by atoms with Crippen LogP contribution in [0.3, 0.4) is 0 Å². The third kappa shape index (κ3) is 3.66. The van der Waals surface area contributed by atoms with E-state index in [1.807, 2.05) is 24.3 Å². The molecule has 2 heterocycles. The van der Waals surface area contributed by atoms with E-state index in [2.05, 4.69) is 16.9 Å². The molecular weight excluding hydrogens is 402 g/mol. The minimum absolute atomic E-state index is 0.136. The number of hydrogen-bond acceptors (Lipinski definition) is 5. The molecule has 7 heteroatoms. The Morgan fingerprint density at radius 2 is 1.70 bits per heavy atom. The lowest BCUT2D eigenvalue weighted by molar-refractivity contribution is 0.0605. The summed E-state index contributed by atoms with van der Waals surface area (Å²) in [6.07, 6.45) is 4.91. The molecular formula is C23H20ClN3O3. The number of fused-ring (bicyclic) bond motifs is 1.